The molecule has 0 aromatic rings. The number of hydrogen-bond donors (Lipinski definition) is 1. The Hall–Kier alpha value is -0.220. The Balaban J connectivity index is 2.80. The first-order chi connectivity index (χ1) is 9.11. The van der Waals surface area contributed by atoms with Crippen molar-refractivity contribution in [3.8, 4) is 0 Å². The molecule has 1 fully saturated rings. The summed E-state index contributed by atoms with van der Waals surface area (Å²) in [5.41, 5.74) is -0.145. The quantitative estimate of drug-likeness (QED) is 0.781. The molecule has 0 aromatic heterocycles. The third-order valence-corrected chi connectivity index (χ3v) is 5.07. The zero-order valence-corrected chi connectivity index (χ0v) is 13.8. The van der Waals surface area contributed by atoms with Crippen molar-refractivity contribution < 1.29 is 4.79 Å². The smallest absolute Gasteiger partial charge is 0.230 e. The van der Waals surface area contributed by atoms with E-state index in [1.807, 2.05) is 23.7 Å². The molecular formula is C15H30N2OS. The lowest BCUT2D eigenvalue weighted by Gasteiger charge is -2.41. The van der Waals surface area contributed by atoms with Crippen molar-refractivity contribution in [3.05, 3.63) is 0 Å². The summed E-state index contributed by atoms with van der Waals surface area (Å²) in [5, 5.41) is 3.43. The molecule has 1 aliphatic heterocycles. The van der Waals surface area contributed by atoms with Gasteiger partial charge in [0.25, 0.3) is 0 Å². The third-order valence-electron chi connectivity index (χ3n) is 4.35. The Morgan fingerprint density at radius 3 is 2.68 bits per heavy atom. The Labute approximate surface area is 122 Å². The molecule has 1 N–H and O–H groups in total. The van der Waals surface area contributed by atoms with Crippen LogP contribution in [0, 0.1) is 5.41 Å². The highest BCUT2D eigenvalue weighted by Gasteiger charge is 2.41. The summed E-state index contributed by atoms with van der Waals surface area (Å²) in [5.74, 6) is 1.40. The molecule has 1 saturated heterocycles. The fraction of sp³-hybridized carbons (Fsp3) is 0.933. The molecule has 0 bridgehead atoms. The molecule has 1 heterocycles. The lowest BCUT2D eigenvalue weighted by atomic mass is 9.75. The van der Waals surface area contributed by atoms with Crippen LogP contribution in [0.2, 0.25) is 0 Å². The Morgan fingerprint density at radius 2 is 2.21 bits per heavy atom. The third kappa shape index (κ3) is 4.12. The van der Waals surface area contributed by atoms with Crippen LogP contribution >= 0.6 is 11.8 Å². The number of nitrogens with zero attached hydrogens (tertiary/aromatic N) is 1. The summed E-state index contributed by atoms with van der Waals surface area (Å²) in [6, 6.07) is 0.373. The molecule has 3 nitrogen and oxygen atoms in total. The summed E-state index contributed by atoms with van der Waals surface area (Å²) >= 11 is 1.83. The van der Waals surface area contributed by atoms with Gasteiger partial charge in [-0.1, -0.05) is 20.3 Å². The van der Waals surface area contributed by atoms with Crippen molar-refractivity contribution in [1.29, 1.82) is 0 Å². The summed E-state index contributed by atoms with van der Waals surface area (Å²) < 4.78 is 0. The standard InChI is InChI=1S/C15H30N2OS/c1-5-8-15(9-7-10-16-12-15)14(18)17(3)13(6-2)11-19-4/h13,16H,5-12H2,1-4H3. The molecule has 2 atom stereocenters. The van der Waals surface area contributed by atoms with Gasteiger partial charge in [-0.2, -0.15) is 11.8 Å². The van der Waals surface area contributed by atoms with Gasteiger partial charge < -0.3 is 10.2 Å². The van der Waals surface area contributed by atoms with Crippen molar-refractivity contribution in [1.82, 2.24) is 10.2 Å². The first-order valence-electron chi connectivity index (χ1n) is 7.58. The van der Waals surface area contributed by atoms with Gasteiger partial charge in [-0.25, -0.2) is 0 Å². The highest BCUT2D eigenvalue weighted by atomic mass is 32.2. The molecule has 2 unspecified atom stereocenters. The molecule has 0 saturated carbocycles. The van der Waals surface area contributed by atoms with Crippen LogP contribution in [-0.4, -0.2) is 49.0 Å². The van der Waals surface area contributed by atoms with E-state index in [-0.39, 0.29) is 5.41 Å². The van der Waals surface area contributed by atoms with E-state index >= 15 is 0 Å². The highest BCUT2D eigenvalue weighted by molar-refractivity contribution is 7.98. The van der Waals surface area contributed by atoms with Gasteiger partial charge in [0.15, 0.2) is 0 Å². The molecular weight excluding hydrogens is 256 g/mol. The molecule has 4 heteroatoms. The van der Waals surface area contributed by atoms with E-state index in [1.165, 1.54) is 0 Å². The molecule has 1 rings (SSSR count). The van der Waals surface area contributed by atoms with E-state index in [0.717, 1.165) is 50.9 Å². The first kappa shape index (κ1) is 16.8. The van der Waals surface area contributed by atoms with Crippen molar-refractivity contribution in [2.45, 2.75) is 52.0 Å². The van der Waals surface area contributed by atoms with Gasteiger partial charge in [-0.15, -0.1) is 0 Å². The van der Waals surface area contributed by atoms with E-state index in [4.69, 9.17) is 0 Å². The molecule has 1 amide bonds. The highest BCUT2D eigenvalue weighted by Crippen LogP contribution is 2.34. The minimum Gasteiger partial charge on any atom is -0.341 e. The second kappa shape index (κ2) is 8.15. The summed E-state index contributed by atoms with van der Waals surface area (Å²) in [7, 11) is 2.00. The number of carbonyl (C=O) groups is 1. The SMILES string of the molecule is CCCC1(C(=O)N(C)C(CC)CSC)CCCNC1. The number of carbonyl (C=O) groups excluding carboxylic acids is 1. The van der Waals surface area contributed by atoms with Crippen molar-refractivity contribution in [3.63, 3.8) is 0 Å². The van der Waals surface area contributed by atoms with Gasteiger partial charge in [0, 0.05) is 25.4 Å². The lowest BCUT2D eigenvalue weighted by Crippen LogP contribution is -2.53. The molecule has 112 valence electrons. The van der Waals surface area contributed by atoms with Gasteiger partial charge in [0.05, 0.1) is 5.41 Å². The fourth-order valence-electron chi connectivity index (χ4n) is 3.19. The van der Waals surface area contributed by atoms with E-state index < -0.39 is 0 Å². The predicted octanol–water partition coefficient (Wildman–Crippen LogP) is 2.76. The van der Waals surface area contributed by atoms with E-state index in [2.05, 4.69) is 25.4 Å². The van der Waals surface area contributed by atoms with Crippen molar-refractivity contribution in [2.24, 2.45) is 5.41 Å². The zero-order valence-electron chi connectivity index (χ0n) is 13.0. The number of thioether (sulfide) groups is 1. The number of piperidine rings is 1. The minimum atomic E-state index is -0.145. The van der Waals surface area contributed by atoms with E-state index in [9.17, 15) is 4.79 Å². The molecule has 0 radical (unpaired) electrons. The van der Waals surface area contributed by atoms with Crippen LogP contribution < -0.4 is 5.32 Å². The molecule has 0 spiro atoms. The van der Waals surface area contributed by atoms with E-state index in [0.29, 0.717) is 11.9 Å². The van der Waals surface area contributed by atoms with Gasteiger partial charge >= 0.3 is 0 Å². The molecule has 0 aliphatic carbocycles. The summed E-state index contributed by atoms with van der Waals surface area (Å²) in [6.07, 6.45) is 7.43. The Bertz CT molecular complexity index is 272. The maximum atomic E-state index is 13.0. The average molecular weight is 286 g/mol. The number of nitrogens with one attached hydrogen (secondary N) is 1. The summed E-state index contributed by atoms with van der Waals surface area (Å²) in [6.45, 7) is 6.28. The second-order valence-electron chi connectivity index (χ2n) is 5.74. The first-order valence-corrected chi connectivity index (χ1v) is 8.97. The maximum absolute atomic E-state index is 13.0. The molecule has 0 aromatic carbocycles. The second-order valence-corrected chi connectivity index (χ2v) is 6.65. The summed E-state index contributed by atoms with van der Waals surface area (Å²) in [4.78, 5) is 15.0. The van der Waals surface area contributed by atoms with Crippen molar-refractivity contribution in [2.75, 3.05) is 32.1 Å². The van der Waals surface area contributed by atoms with Crippen LogP contribution in [0.25, 0.3) is 0 Å². The topological polar surface area (TPSA) is 32.3 Å². The van der Waals surface area contributed by atoms with Crippen molar-refractivity contribution >= 4 is 17.7 Å². The van der Waals surface area contributed by atoms with Gasteiger partial charge in [0.2, 0.25) is 5.91 Å². The normalized spacial score (nSPS) is 25.1. The van der Waals surface area contributed by atoms with Gasteiger partial charge in [0.1, 0.15) is 0 Å². The molecule has 1 aliphatic rings. The average Bonchev–Trinajstić information content (AvgIpc) is 2.44. The van der Waals surface area contributed by atoms with Crippen LogP contribution in [0.5, 0.6) is 0 Å². The Morgan fingerprint density at radius 1 is 1.47 bits per heavy atom. The lowest BCUT2D eigenvalue weighted by molar-refractivity contribution is -0.144. The van der Waals surface area contributed by atoms with Crippen LogP contribution in [0.15, 0.2) is 0 Å². The van der Waals surface area contributed by atoms with Crippen LogP contribution in [0.4, 0.5) is 0 Å². The largest absolute Gasteiger partial charge is 0.341 e. The van der Waals surface area contributed by atoms with Crippen LogP contribution in [0.3, 0.4) is 0 Å². The fourth-order valence-corrected chi connectivity index (χ4v) is 4.03. The number of rotatable bonds is 7. The number of hydrogen-bond acceptors (Lipinski definition) is 3. The zero-order chi connectivity index (χ0) is 14.3. The van der Waals surface area contributed by atoms with Gasteiger partial charge in [-0.3, -0.25) is 4.79 Å². The van der Waals surface area contributed by atoms with E-state index in [1.54, 1.807) is 0 Å². The number of amides is 1. The monoisotopic (exact) mass is 286 g/mol. The van der Waals surface area contributed by atoms with Crippen LogP contribution in [-0.2, 0) is 4.79 Å². The molecule has 19 heavy (non-hydrogen) atoms. The Kier molecular flexibility index (Phi) is 7.22. The van der Waals surface area contributed by atoms with Crippen LogP contribution in [0.1, 0.15) is 46.0 Å². The van der Waals surface area contributed by atoms with Gasteiger partial charge in [-0.05, 0) is 38.5 Å². The predicted molar refractivity (Wildman–Crippen MR) is 84.7 cm³/mol. The maximum Gasteiger partial charge on any atom is 0.230 e. The minimum absolute atomic E-state index is 0.145.